The highest BCUT2D eigenvalue weighted by atomic mass is 16.1. The van der Waals surface area contributed by atoms with Crippen molar-refractivity contribution in [2.45, 2.75) is 34.1 Å². The van der Waals surface area contributed by atoms with E-state index in [0.717, 1.165) is 35.5 Å². The van der Waals surface area contributed by atoms with E-state index >= 15 is 0 Å². The van der Waals surface area contributed by atoms with Gasteiger partial charge >= 0.3 is 0 Å². The van der Waals surface area contributed by atoms with Crippen molar-refractivity contribution in [3.8, 4) is 0 Å². The molecule has 0 aliphatic heterocycles. The summed E-state index contributed by atoms with van der Waals surface area (Å²) < 4.78 is 0. The number of carbonyl (C=O) groups excluding carboxylic acids is 1. The zero-order valence-electron chi connectivity index (χ0n) is 16.9. The van der Waals surface area contributed by atoms with Crippen LogP contribution in [0, 0.1) is 13.8 Å². The van der Waals surface area contributed by atoms with E-state index in [1.54, 1.807) is 12.4 Å². The number of para-hydroxylation sites is 1. The monoisotopic (exact) mass is 374 g/mol. The minimum Gasteiger partial charge on any atom is -0.321 e. The minimum atomic E-state index is -0.200. The van der Waals surface area contributed by atoms with Crippen molar-refractivity contribution in [1.82, 2.24) is 9.97 Å². The number of hydrogen-bond acceptors (Lipinski definition) is 4. The van der Waals surface area contributed by atoms with Gasteiger partial charge in [0.1, 0.15) is 0 Å². The van der Waals surface area contributed by atoms with Crippen LogP contribution in [0.2, 0.25) is 0 Å². The molecule has 0 radical (unpaired) electrons. The first-order valence-corrected chi connectivity index (χ1v) is 9.59. The molecule has 0 aliphatic carbocycles. The molecule has 0 unspecified atom stereocenters. The maximum Gasteiger partial charge on any atom is 0.258 e. The van der Waals surface area contributed by atoms with Crippen molar-refractivity contribution in [3.05, 3.63) is 77.1 Å². The highest BCUT2D eigenvalue weighted by Gasteiger charge is 2.14. The molecule has 2 aromatic carbocycles. The Kier molecular flexibility index (Phi) is 6.04. The molecule has 144 valence electrons. The number of nitrogens with zero attached hydrogens (tertiary/aromatic N) is 3. The molecule has 0 spiro atoms. The van der Waals surface area contributed by atoms with Crippen LogP contribution < -0.4 is 10.2 Å². The lowest BCUT2D eigenvalue weighted by Gasteiger charge is -2.21. The Labute approximate surface area is 166 Å². The van der Waals surface area contributed by atoms with E-state index in [4.69, 9.17) is 0 Å². The second-order valence-electron chi connectivity index (χ2n) is 6.77. The Morgan fingerprint density at radius 1 is 1.04 bits per heavy atom. The Bertz CT molecular complexity index is 967. The molecule has 0 saturated heterocycles. The third-order valence-electron chi connectivity index (χ3n) is 4.75. The first-order chi connectivity index (χ1) is 13.5. The molecule has 0 atom stereocenters. The molecule has 5 heteroatoms. The molecule has 0 saturated carbocycles. The fourth-order valence-electron chi connectivity index (χ4n) is 3.20. The number of nitrogens with one attached hydrogen (secondary N) is 1. The number of aromatic nitrogens is 2. The van der Waals surface area contributed by atoms with Gasteiger partial charge in [-0.1, -0.05) is 37.3 Å². The first kappa shape index (κ1) is 19.5. The van der Waals surface area contributed by atoms with Crippen LogP contribution in [0.4, 0.5) is 17.3 Å². The lowest BCUT2D eigenvalue weighted by atomic mass is 10.1. The summed E-state index contributed by atoms with van der Waals surface area (Å²) in [4.78, 5) is 23.6. The number of hydrogen-bond donors (Lipinski definition) is 1. The second kappa shape index (κ2) is 8.65. The SMILES string of the molecule is CCc1cccc(C)c1NC(=O)c1cnc(N(CC)c2cccc(C)c2)nc1. The molecule has 0 fully saturated rings. The van der Waals surface area contributed by atoms with Crippen LogP contribution >= 0.6 is 0 Å². The zero-order valence-corrected chi connectivity index (χ0v) is 16.9. The molecular formula is C23H26N4O. The summed E-state index contributed by atoms with van der Waals surface area (Å²) in [5, 5.41) is 3.02. The van der Waals surface area contributed by atoms with Gasteiger partial charge in [0.2, 0.25) is 5.95 Å². The molecule has 0 bridgehead atoms. The Morgan fingerprint density at radius 2 is 1.75 bits per heavy atom. The van der Waals surface area contributed by atoms with Gasteiger partial charge in [0.15, 0.2) is 0 Å². The lowest BCUT2D eigenvalue weighted by Crippen LogP contribution is -2.20. The van der Waals surface area contributed by atoms with Crippen molar-refractivity contribution >= 4 is 23.2 Å². The van der Waals surface area contributed by atoms with Crippen LogP contribution in [-0.2, 0) is 6.42 Å². The van der Waals surface area contributed by atoms with Crippen LogP contribution in [0.25, 0.3) is 0 Å². The van der Waals surface area contributed by atoms with E-state index in [1.165, 1.54) is 5.56 Å². The molecule has 1 heterocycles. The van der Waals surface area contributed by atoms with Gasteiger partial charge in [-0.15, -0.1) is 0 Å². The van der Waals surface area contributed by atoms with Gasteiger partial charge in [-0.3, -0.25) is 4.79 Å². The Hall–Kier alpha value is -3.21. The molecule has 1 N–H and O–H groups in total. The molecule has 5 nitrogen and oxygen atoms in total. The Morgan fingerprint density at radius 3 is 2.39 bits per heavy atom. The van der Waals surface area contributed by atoms with Crippen molar-refractivity contribution in [2.75, 3.05) is 16.8 Å². The van der Waals surface area contributed by atoms with Crippen LogP contribution in [0.1, 0.15) is 40.9 Å². The first-order valence-electron chi connectivity index (χ1n) is 9.59. The van der Waals surface area contributed by atoms with Crippen LogP contribution in [0.5, 0.6) is 0 Å². The maximum atomic E-state index is 12.7. The van der Waals surface area contributed by atoms with Crippen LogP contribution in [0.15, 0.2) is 54.9 Å². The molecular weight excluding hydrogens is 348 g/mol. The summed E-state index contributed by atoms with van der Waals surface area (Å²) >= 11 is 0. The standard InChI is InChI=1S/C23H26N4O/c1-5-18-11-8-10-17(4)21(18)26-22(28)19-14-24-23(25-15-19)27(6-2)20-12-7-9-16(3)13-20/h7-15H,5-6H2,1-4H3,(H,26,28). The number of carbonyl (C=O) groups is 1. The summed E-state index contributed by atoms with van der Waals surface area (Å²) in [7, 11) is 0. The molecule has 1 amide bonds. The molecule has 3 rings (SSSR count). The van der Waals surface area contributed by atoms with Gasteiger partial charge < -0.3 is 10.2 Å². The van der Waals surface area contributed by atoms with Crippen LogP contribution in [-0.4, -0.2) is 22.4 Å². The summed E-state index contributed by atoms with van der Waals surface area (Å²) in [6.45, 7) is 8.92. The average Bonchev–Trinajstić information content (AvgIpc) is 2.70. The minimum absolute atomic E-state index is 0.200. The topological polar surface area (TPSA) is 58.1 Å². The Balaban J connectivity index is 1.81. The lowest BCUT2D eigenvalue weighted by molar-refractivity contribution is 0.102. The van der Waals surface area contributed by atoms with E-state index in [1.807, 2.05) is 42.2 Å². The van der Waals surface area contributed by atoms with Gasteiger partial charge in [0.05, 0.1) is 5.56 Å². The number of anilines is 3. The second-order valence-corrected chi connectivity index (χ2v) is 6.77. The maximum absolute atomic E-state index is 12.7. The van der Waals surface area contributed by atoms with Gasteiger partial charge in [-0.2, -0.15) is 0 Å². The molecule has 1 aromatic heterocycles. The van der Waals surface area contributed by atoms with Gasteiger partial charge in [-0.25, -0.2) is 9.97 Å². The summed E-state index contributed by atoms with van der Waals surface area (Å²) in [6.07, 6.45) is 4.02. The highest BCUT2D eigenvalue weighted by Crippen LogP contribution is 2.24. The van der Waals surface area contributed by atoms with E-state index in [2.05, 4.69) is 48.2 Å². The van der Waals surface area contributed by atoms with Crippen LogP contribution in [0.3, 0.4) is 0 Å². The normalized spacial score (nSPS) is 10.6. The molecule has 28 heavy (non-hydrogen) atoms. The van der Waals surface area contributed by atoms with E-state index in [9.17, 15) is 4.79 Å². The van der Waals surface area contributed by atoms with Gasteiger partial charge in [-0.05, 0) is 56.0 Å². The number of amides is 1. The van der Waals surface area contributed by atoms with Gasteiger partial charge in [0, 0.05) is 30.3 Å². The van der Waals surface area contributed by atoms with Crippen molar-refractivity contribution < 1.29 is 4.79 Å². The summed E-state index contributed by atoms with van der Waals surface area (Å²) in [5.41, 5.74) is 5.68. The number of rotatable bonds is 6. The van der Waals surface area contributed by atoms with E-state index in [0.29, 0.717) is 11.5 Å². The molecule has 3 aromatic rings. The summed E-state index contributed by atoms with van der Waals surface area (Å²) in [6, 6.07) is 14.2. The quantitative estimate of drug-likeness (QED) is 0.655. The fraction of sp³-hybridized carbons (Fsp3) is 0.261. The van der Waals surface area contributed by atoms with E-state index in [-0.39, 0.29) is 5.91 Å². The van der Waals surface area contributed by atoms with Crippen molar-refractivity contribution in [3.63, 3.8) is 0 Å². The third kappa shape index (κ3) is 4.19. The fourth-order valence-corrected chi connectivity index (χ4v) is 3.20. The third-order valence-corrected chi connectivity index (χ3v) is 4.75. The smallest absolute Gasteiger partial charge is 0.258 e. The molecule has 0 aliphatic rings. The average molecular weight is 374 g/mol. The summed E-state index contributed by atoms with van der Waals surface area (Å²) in [5.74, 6) is 0.379. The highest BCUT2D eigenvalue weighted by molar-refractivity contribution is 6.04. The van der Waals surface area contributed by atoms with Crippen molar-refractivity contribution in [2.24, 2.45) is 0 Å². The largest absolute Gasteiger partial charge is 0.321 e. The number of benzene rings is 2. The number of aryl methyl sites for hydroxylation is 3. The zero-order chi connectivity index (χ0) is 20.1. The predicted octanol–water partition coefficient (Wildman–Crippen LogP) is 5.07. The van der Waals surface area contributed by atoms with E-state index < -0.39 is 0 Å². The van der Waals surface area contributed by atoms with Crippen molar-refractivity contribution in [1.29, 1.82) is 0 Å². The van der Waals surface area contributed by atoms with Gasteiger partial charge in [0.25, 0.3) is 5.91 Å². The predicted molar refractivity (Wildman–Crippen MR) is 114 cm³/mol.